The average molecular weight is 263 g/mol. The molecule has 4 nitrogen and oxygen atoms in total. The van der Waals surface area contributed by atoms with Crippen LogP contribution in [0.15, 0.2) is 35.8 Å². The second-order valence-electron chi connectivity index (χ2n) is 3.71. The van der Waals surface area contributed by atoms with Crippen molar-refractivity contribution in [3.8, 4) is 5.75 Å². The second kappa shape index (κ2) is 6.16. The largest absolute Gasteiger partial charge is 0.494 e. The number of carboxylic acids is 1. The first kappa shape index (κ1) is 12.6. The lowest BCUT2D eigenvalue weighted by Gasteiger charge is -2.05. The number of thiazole rings is 1. The van der Waals surface area contributed by atoms with Crippen LogP contribution in [0.1, 0.15) is 21.8 Å². The number of benzene rings is 1. The molecule has 0 bridgehead atoms. The number of carbonyl (C=O) groups is 1. The molecule has 0 aliphatic heterocycles. The molecule has 0 radical (unpaired) electrons. The molecule has 0 aliphatic rings. The molecule has 0 spiro atoms. The van der Waals surface area contributed by atoms with Crippen LogP contribution in [-0.4, -0.2) is 22.7 Å². The molecule has 2 aromatic rings. The van der Waals surface area contributed by atoms with Gasteiger partial charge >= 0.3 is 5.97 Å². The first-order valence-electron chi connectivity index (χ1n) is 5.60. The summed E-state index contributed by atoms with van der Waals surface area (Å²) in [5.74, 6) is -0.350. The van der Waals surface area contributed by atoms with Crippen LogP contribution in [-0.2, 0) is 6.42 Å². The minimum atomic E-state index is -0.941. The van der Waals surface area contributed by atoms with Gasteiger partial charge in [-0.1, -0.05) is 6.07 Å². The first-order valence-corrected chi connectivity index (χ1v) is 6.48. The maximum Gasteiger partial charge on any atom is 0.335 e. The Kier molecular flexibility index (Phi) is 4.30. The number of rotatable bonds is 6. The molecule has 0 amide bonds. The van der Waals surface area contributed by atoms with Gasteiger partial charge in [0, 0.05) is 18.0 Å². The number of nitrogens with zero attached hydrogens (tertiary/aromatic N) is 1. The molecule has 0 aliphatic carbocycles. The molecule has 0 fully saturated rings. The van der Waals surface area contributed by atoms with Gasteiger partial charge < -0.3 is 9.84 Å². The van der Waals surface area contributed by atoms with E-state index in [1.807, 2.05) is 5.38 Å². The number of hydrogen-bond donors (Lipinski definition) is 1. The molecule has 1 aromatic heterocycles. The summed E-state index contributed by atoms with van der Waals surface area (Å²) < 4.78 is 5.51. The second-order valence-corrected chi connectivity index (χ2v) is 4.69. The van der Waals surface area contributed by atoms with Crippen LogP contribution >= 0.6 is 11.3 Å². The summed E-state index contributed by atoms with van der Waals surface area (Å²) in [5, 5.41) is 11.9. The highest BCUT2D eigenvalue weighted by atomic mass is 32.1. The SMILES string of the molecule is O=C(O)c1cccc(OCCCc2nccs2)c1. The molecule has 0 atom stereocenters. The van der Waals surface area contributed by atoms with Crippen molar-refractivity contribution >= 4 is 17.3 Å². The molecule has 0 saturated carbocycles. The van der Waals surface area contributed by atoms with Gasteiger partial charge in [-0.2, -0.15) is 0 Å². The Bertz CT molecular complexity index is 511. The van der Waals surface area contributed by atoms with Gasteiger partial charge in [0.1, 0.15) is 5.75 Å². The smallest absolute Gasteiger partial charge is 0.335 e. The van der Waals surface area contributed by atoms with Gasteiger partial charge in [-0.05, 0) is 24.6 Å². The standard InChI is InChI=1S/C13H13NO3S/c15-13(16)10-3-1-4-11(9-10)17-7-2-5-12-14-6-8-18-12/h1,3-4,6,8-9H,2,5,7H2,(H,15,16). The third-order valence-corrected chi connectivity index (χ3v) is 3.21. The summed E-state index contributed by atoms with van der Waals surface area (Å²) in [6.07, 6.45) is 3.54. The van der Waals surface area contributed by atoms with E-state index >= 15 is 0 Å². The van der Waals surface area contributed by atoms with Crippen LogP contribution in [0.2, 0.25) is 0 Å². The molecule has 0 saturated heterocycles. The minimum Gasteiger partial charge on any atom is -0.494 e. The van der Waals surface area contributed by atoms with E-state index in [0.29, 0.717) is 12.4 Å². The van der Waals surface area contributed by atoms with Gasteiger partial charge in [0.05, 0.1) is 17.2 Å². The fraction of sp³-hybridized carbons (Fsp3) is 0.231. The van der Waals surface area contributed by atoms with E-state index in [1.165, 1.54) is 6.07 Å². The first-order chi connectivity index (χ1) is 8.75. The zero-order valence-electron chi connectivity index (χ0n) is 9.70. The van der Waals surface area contributed by atoms with E-state index in [2.05, 4.69) is 4.98 Å². The molecule has 18 heavy (non-hydrogen) atoms. The number of aromatic carboxylic acids is 1. The molecule has 94 valence electrons. The maximum atomic E-state index is 10.8. The highest BCUT2D eigenvalue weighted by Crippen LogP contribution is 2.14. The fourth-order valence-corrected chi connectivity index (χ4v) is 2.17. The lowest BCUT2D eigenvalue weighted by atomic mass is 10.2. The van der Waals surface area contributed by atoms with Crippen LogP contribution in [0.3, 0.4) is 0 Å². The van der Waals surface area contributed by atoms with Gasteiger partial charge in [-0.15, -0.1) is 11.3 Å². The van der Waals surface area contributed by atoms with Crippen molar-refractivity contribution in [2.45, 2.75) is 12.8 Å². The molecule has 1 aromatic carbocycles. The van der Waals surface area contributed by atoms with Crippen LogP contribution < -0.4 is 4.74 Å². The molecule has 5 heteroatoms. The lowest BCUT2D eigenvalue weighted by molar-refractivity contribution is 0.0696. The van der Waals surface area contributed by atoms with Crippen molar-refractivity contribution in [2.75, 3.05) is 6.61 Å². The molecular weight excluding hydrogens is 250 g/mol. The number of carboxylic acid groups (broad SMARTS) is 1. The Hall–Kier alpha value is -1.88. The fourth-order valence-electron chi connectivity index (χ4n) is 1.51. The van der Waals surface area contributed by atoms with Crippen LogP contribution in [0, 0.1) is 0 Å². The van der Waals surface area contributed by atoms with Gasteiger partial charge in [0.25, 0.3) is 0 Å². The maximum absolute atomic E-state index is 10.8. The number of hydrogen-bond acceptors (Lipinski definition) is 4. The van der Waals surface area contributed by atoms with Crippen LogP contribution in [0.4, 0.5) is 0 Å². The quantitative estimate of drug-likeness (QED) is 0.814. The average Bonchev–Trinajstić information content (AvgIpc) is 2.88. The van der Waals surface area contributed by atoms with Crippen molar-refractivity contribution in [3.63, 3.8) is 0 Å². The summed E-state index contributed by atoms with van der Waals surface area (Å²) in [6, 6.07) is 6.52. The zero-order chi connectivity index (χ0) is 12.8. The van der Waals surface area contributed by atoms with E-state index in [0.717, 1.165) is 17.8 Å². The van der Waals surface area contributed by atoms with Gasteiger partial charge in [-0.25, -0.2) is 9.78 Å². The Balaban J connectivity index is 1.79. The summed E-state index contributed by atoms with van der Waals surface area (Å²) in [7, 11) is 0. The molecule has 1 heterocycles. The molecule has 2 rings (SSSR count). The minimum absolute atomic E-state index is 0.243. The summed E-state index contributed by atoms with van der Waals surface area (Å²) in [5.41, 5.74) is 0.243. The zero-order valence-corrected chi connectivity index (χ0v) is 10.5. The summed E-state index contributed by atoms with van der Waals surface area (Å²) >= 11 is 1.63. The Morgan fingerprint density at radius 2 is 2.33 bits per heavy atom. The van der Waals surface area contributed by atoms with Crippen molar-refractivity contribution in [1.29, 1.82) is 0 Å². The molecule has 1 N–H and O–H groups in total. The van der Waals surface area contributed by atoms with Crippen molar-refractivity contribution in [1.82, 2.24) is 4.98 Å². The van der Waals surface area contributed by atoms with E-state index in [1.54, 1.807) is 35.7 Å². The summed E-state index contributed by atoms with van der Waals surface area (Å²) in [4.78, 5) is 15.0. The number of aryl methyl sites for hydroxylation is 1. The molecule has 0 unspecified atom stereocenters. The van der Waals surface area contributed by atoms with Gasteiger partial charge in [-0.3, -0.25) is 0 Å². The monoisotopic (exact) mass is 263 g/mol. The molecular formula is C13H13NO3S. The Labute approximate surface area is 109 Å². The topological polar surface area (TPSA) is 59.4 Å². The predicted octanol–water partition coefficient (Wildman–Crippen LogP) is 2.85. The summed E-state index contributed by atoms with van der Waals surface area (Å²) in [6.45, 7) is 0.558. The van der Waals surface area contributed by atoms with Crippen molar-refractivity contribution in [3.05, 3.63) is 46.4 Å². The van der Waals surface area contributed by atoms with Gasteiger partial charge in [0.15, 0.2) is 0 Å². The van der Waals surface area contributed by atoms with Crippen LogP contribution in [0.5, 0.6) is 5.75 Å². The third-order valence-electron chi connectivity index (χ3n) is 2.37. The number of ether oxygens (including phenoxy) is 1. The van der Waals surface area contributed by atoms with E-state index < -0.39 is 5.97 Å². The Morgan fingerprint density at radius 3 is 3.06 bits per heavy atom. The number of aromatic nitrogens is 1. The highest BCUT2D eigenvalue weighted by Gasteiger charge is 2.03. The van der Waals surface area contributed by atoms with E-state index in [9.17, 15) is 4.79 Å². The van der Waals surface area contributed by atoms with E-state index in [-0.39, 0.29) is 5.56 Å². The van der Waals surface area contributed by atoms with Crippen molar-refractivity contribution in [2.24, 2.45) is 0 Å². The van der Waals surface area contributed by atoms with Crippen LogP contribution in [0.25, 0.3) is 0 Å². The van der Waals surface area contributed by atoms with Crippen molar-refractivity contribution < 1.29 is 14.6 Å². The highest BCUT2D eigenvalue weighted by molar-refractivity contribution is 7.09. The normalized spacial score (nSPS) is 10.2. The third kappa shape index (κ3) is 3.56. The van der Waals surface area contributed by atoms with Gasteiger partial charge in [0.2, 0.25) is 0 Å². The predicted molar refractivity (Wildman–Crippen MR) is 69.3 cm³/mol. The Morgan fingerprint density at radius 1 is 1.44 bits per heavy atom. The van der Waals surface area contributed by atoms with E-state index in [4.69, 9.17) is 9.84 Å². The lowest BCUT2D eigenvalue weighted by Crippen LogP contribution is -2.01.